The second kappa shape index (κ2) is 61.8. The summed E-state index contributed by atoms with van der Waals surface area (Å²) in [6.45, 7) is 6.32. The van der Waals surface area contributed by atoms with Crippen molar-refractivity contribution in [3.63, 3.8) is 0 Å². The van der Waals surface area contributed by atoms with E-state index in [4.69, 9.17) is 14.2 Å². The highest BCUT2D eigenvalue weighted by molar-refractivity contribution is 5.71. The van der Waals surface area contributed by atoms with Crippen molar-refractivity contribution in [3.05, 3.63) is 146 Å². The predicted octanol–water partition coefficient (Wildman–Crippen LogP) is 20.8. The molecule has 6 nitrogen and oxygen atoms in total. The lowest BCUT2D eigenvalue weighted by Gasteiger charge is -2.18. The zero-order valence-electron chi connectivity index (χ0n) is 48.3. The molecule has 0 bridgehead atoms. The summed E-state index contributed by atoms with van der Waals surface area (Å²) in [5.74, 6) is -1.02. The summed E-state index contributed by atoms with van der Waals surface area (Å²) in [6.07, 6.45) is 88.6. The molecule has 0 saturated heterocycles. The van der Waals surface area contributed by atoms with E-state index in [0.29, 0.717) is 19.3 Å². The fraction of sp³-hybridized carbons (Fsp3) is 0.609. The number of carbonyl (C=O) groups is 3. The van der Waals surface area contributed by atoms with E-state index in [2.05, 4.69) is 154 Å². The highest BCUT2D eigenvalue weighted by atomic mass is 16.6. The van der Waals surface area contributed by atoms with Gasteiger partial charge < -0.3 is 14.2 Å². The molecule has 1 atom stereocenters. The Balaban J connectivity index is 4.39. The van der Waals surface area contributed by atoms with Crippen LogP contribution in [0.25, 0.3) is 0 Å². The van der Waals surface area contributed by atoms with Crippen molar-refractivity contribution in [2.45, 2.75) is 258 Å². The second-order valence-electron chi connectivity index (χ2n) is 19.5. The van der Waals surface area contributed by atoms with Crippen molar-refractivity contribution in [2.24, 2.45) is 0 Å². The number of rotatable bonds is 53. The van der Waals surface area contributed by atoms with E-state index in [1.165, 1.54) is 77.0 Å². The topological polar surface area (TPSA) is 78.9 Å². The minimum Gasteiger partial charge on any atom is -0.462 e. The standard InChI is InChI=1S/C69H110O6/c1-4-7-10-13-16-19-22-25-27-28-29-30-31-32-33-34-35-36-37-38-39-40-42-44-47-50-53-56-59-62-68(71)74-65-66(64-73-67(70)61-58-55-52-49-46-43-24-21-18-15-12-9-6-3)75-69(72)63-60-57-54-51-48-45-41-26-23-20-17-14-11-8-5-2/h7,9-10,12,16,18-19,21,25-27,29-30,32-33,35-36,38-39,41,43,46,52,55,66H,4-6,8,11,13-15,17,20,22-24,28,31,34,37,40,42,44-45,47-51,53-54,56-65H2,1-3H3/b10-7-,12-9-,19-16-,21-18-,27-25-,30-29-,33-32-,36-35-,39-38-,41-26-,46-43-,55-52-. The maximum atomic E-state index is 12.9. The van der Waals surface area contributed by atoms with Gasteiger partial charge in [0.05, 0.1) is 0 Å². The number of unbranched alkanes of at least 4 members (excludes halogenated alkanes) is 18. The monoisotopic (exact) mass is 1030 g/mol. The van der Waals surface area contributed by atoms with Gasteiger partial charge in [-0.1, -0.05) is 250 Å². The van der Waals surface area contributed by atoms with Crippen LogP contribution in [0.2, 0.25) is 0 Å². The van der Waals surface area contributed by atoms with Gasteiger partial charge in [0, 0.05) is 19.3 Å². The number of esters is 3. The third-order valence-electron chi connectivity index (χ3n) is 12.3. The predicted molar refractivity (Wildman–Crippen MR) is 325 cm³/mol. The van der Waals surface area contributed by atoms with Crippen molar-refractivity contribution in [1.29, 1.82) is 0 Å². The normalized spacial score (nSPS) is 13.2. The highest BCUT2D eigenvalue weighted by Crippen LogP contribution is 2.14. The summed E-state index contributed by atoms with van der Waals surface area (Å²) in [6, 6.07) is 0. The lowest BCUT2D eigenvalue weighted by atomic mass is 10.1. The fourth-order valence-electron chi connectivity index (χ4n) is 7.84. The van der Waals surface area contributed by atoms with Gasteiger partial charge in [0.2, 0.25) is 0 Å². The molecule has 6 heteroatoms. The van der Waals surface area contributed by atoms with Crippen LogP contribution in [0.1, 0.15) is 252 Å². The molecule has 0 aliphatic carbocycles. The molecule has 0 aliphatic heterocycles. The van der Waals surface area contributed by atoms with Gasteiger partial charge in [-0.05, 0) is 128 Å². The van der Waals surface area contributed by atoms with Crippen molar-refractivity contribution >= 4 is 17.9 Å². The van der Waals surface area contributed by atoms with E-state index in [0.717, 1.165) is 128 Å². The van der Waals surface area contributed by atoms with Crippen LogP contribution in [0.5, 0.6) is 0 Å². The molecule has 75 heavy (non-hydrogen) atoms. The summed E-state index contributed by atoms with van der Waals surface area (Å²) in [7, 11) is 0. The summed E-state index contributed by atoms with van der Waals surface area (Å²) < 4.78 is 16.8. The Hall–Kier alpha value is -4.71. The van der Waals surface area contributed by atoms with E-state index in [-0.39, 0.29) is 37.5 Å². The molecule has 1 unspecified atom stereocenters. The number of allylic oxidation sites excluding steroid dienone is 24. The number of hydrogen-bond donors (Lipinski definition) is 0. The molecule has 0 spiro atoms. The molecule has 0 aromatic carbocycles. The van der Waals surface area contributed by atoms with Gasteiger partial charge in [-0.25, -0.2) is 0 Å². The van der Waals surface area contributed by atoms with Crippen LogP contribution in [0.15, 0.2) is 146 Å². The Labute approximate surface area is 461 Å². The van der Waals surface area contributed by atoms with Crippen molar-refractivity contribution in [1.82, 2.24) is 0 Å². The van der Waals surface area contributed by atoms with Crippen LogP contribution in [-0.2, 0) is 28.6 Å². The molecule has 0 saturated carbocycles. The molecule has 0 heterocycles. The van der Waals surface area contributed by atoms with Crippen molar-refractivity contribution in [3.8, 4) is 0 Å². The average Bonchev–Trinajstić information content (AvgIpc) is 3.41. The van der Waals surface area contributed by atoms with Gasteiger partial charge in [0.25, 0.3) is 0 Å². The summed E-state index contributed by atoms with van der Waals surface area (Å²) in [5, 5.41) is 0. The molecule has 0 N–H and O–H groups in total. The van der Waals surface area contributed by atoms with Crippen molar-refractivity contribution < 1.29 is 28.6 Å². The van der Waals surface area contributed by atoms with E-state index in [9.17, 15) is 14.4 Å². The highest BCUT2D eigenvalue weighted by Gasteiger charge is 2.19. The van der Waals surface area contributed by atoms with Crippen LogP contribution in [0.4, 0.5) is 0 Å². The Morgan fingerprint density at radius 1 is 0.280 bits per heavy atom. The minimum atomic E-state index is -0.822. The molecule has 0 fully saturated rings. The first-order valence-corrected chi connectivity index (χ1v) is 30.3. The number of ether oxygens (including phenoxy) is 3. The Bertz CT molecular complexity index is 1660. The Morgan fingerprint density at radius 2 is 0.547 bits per heavy atom. The maximum Gasteiger partial charge on any atom is 0.306 e. The van der Waals surface area contributed by atoms with Gasteiger partial charge >= 0.3 is 17.9 Å². The van der Waals surface area contributed by atoms with E-state index in [1.807, 2.05) is 12.2 Å². The van der Waals surface area contributed by atoms with Gasteiger partial charge in [-0.3, -0.25) is 14.4 Å². The number of hydrogen-bond acceptors (Lipinski definition) is 6. The zero-order valence-corrected chi connectivity index (χ0v) is 48.3. The van der Waals surface area contributed by atoms with E-state index < -0.39 is 6.10 Å². The Kier molecular flexibility index (Phi) is 58.0. The largest absolute Gasteiger partial charge is 0.462 e. The molecular formula is C69H110O6. The second-order valence-corrected chi connectivity index (χ2v) is 19.5. The van der Waals surface area contributed by atoms with Crippen LogP contribution >= 0.6 is 0 Å². The lowest BCUT2D eigenvalue weighted by Crippen LogP contribution is -2.30. The maximum absolute atomic E-state index is 12.9. The van der Waals surface area contributed by atoms with Crippen molar-refractivity contribution in [2.75, 3.05) is 13.2 Å². The van der Waals surface area contributed by atoms with Gasteiger partial charge in [0.1, 0.15) is 13.2 Å². The first-order chi connectivity index (χ1) is 37.0. The lowest BCUT2D eigenvalue weighted by molar-refractivity contribution is -0.166. The van der Waals surface area contributed by atoms with Gasteiger partial charge in [0.15, 0.2) is 6.10 Å². The molecule has 0 radical (unpaired) electrons. The van der Waals surface area contributed by atoms with Crippen LogP contribution in [-0.4, -0.2) is 37.2 Å². The third kappa shape index (κ3) is 60.0. The first kappa shape index (κ1) is 70.3. The zero-order chi connectivity index (χ0) is 54.3. The third-order valence-corrected chi connectivity index (χ3v) is 12.3. The molecule has 0 aromatic rings. The molecule has 0 rings (SSSR count). The van der Waals surface area contributed by atoms with Crippen LogP contribution in [0.3, 0.4) is 0 Å². The Morgan fingerprint density at radius 3 is 0.907 bits per heavy atom. The first-order valence-electron chi connectivity index (χ1n) is 30.3. The molecule has 0 aromatic heterocycles. The SMILES string of the molecule is CC/C=C\C/C=C\C/C=C\C/C=C\C/C=C\C/C=C\C/C=C\CCCCCCCCCC(=O)OCC(COC(=O)CC/C=C\C/C=C\C/C=C\C/C=C\CC)OC(=O)CCCCCCC/C=C\CCCCCCCC. The van der Waals surface area contributed by atoms with Gasteiger partial charge in [-0.15, -0.1) is 0 Å². The minimum absolute atomic E-state index is 0.114. The summed E-state index contributed by atoms with van der Waals surface area (Å²) >= 11 is 0. The fourth-order valence-corrected chi connectivity index (χ4v) is 7.84. The molecule has 0 amide bonds. The molecule has 0 aliphatic rings. The van der Waals surface area contributed by atoms with Crippen LogP contribution < -0.4 is 0 Å². The van der Waals surface area contributed by atoms with Gasteiger partial charge in [-0.2, -0.15) is 0 Å². The molecular weight excluding hydrogens is 925 g/mol. The smallest absolute Gasteiger partial charge is 0.306 e. The number of carbonyl (C=O) groups excluding carboxylic acids is 3. The average molecular weight is 1040 g/mol. The molecule has 422 valence electrons. The van der Waals surface area contributed by atoms with Crippen LogP contribution in [0, 0.1) is 0 Å². The quantitative estimate of drug-likeness (QED) is 0.0261. The summed E-state index contributed by atoms with van der Waals surface area (Å²) in [5.41, 5.74) is 0. The van der Waals surface area contributed by atoms with E-state index in [1.54, 1.807) is 0 Å². The van der Waals surface area contributed by atoms with E-state index >= 15 is 0 Å². The summed E-state index contributed by atoms with van der Waals surface area (Å²) in [4.78, 5) is 38.1.